The Morgan fingerprint density at radius 3 is 2.69 bits per heavy atom. The van der Waals surface area contributed by atoms with Gasteiger partial charge in [0, 0.05) is 30.9 Å². The molecule has 0 aliphatic rings. The second kappa shape index (κ2) is 6.48. The van der Waals surface area contributed by atoms with Crippen molar-refractivity contribution in [1.82, 2.24) is 10.3 Å². The Morgan fingerprint density at radius 2 is 2.12 bits per heavy atom. The maximum Gasteiger partial charge on any atom is 0.133 e. The van der Waals surface area contributed by atoms with Gasteiger partial charge in [0.15, 0.2) is 0 Å². The predicted molar refractivity (Wildman–Crippen MR) is 69.8 cm³/mol. The Balaban J connectivity index is 2.91. The minimum atomic E-state index is 0.486. The lowest BCUT2D eigenvalue weighted by Gasteiger charge is -2.28. The van der Waals surface area contributed by atoms with Crippen molar-refractivity contribution in [3.63, 3.8) is 0 Å². The second-order valence-corrected chi connectivity index (χ2v) is 4.15. The smallest absolute Gasteiger partial charge is 0.133 e. The molecule has 0 amide bonds. The van der Waals surface area contributed by atoms with Gasteiger partial charge < -0.3 is 10.2 Å². The van der Waals surface area contributed by atoms with E-state index in [2.05, 4.69) is 49.0 Å². The van der Waals surface area contributed by atoms with E-state index in [0.29, 0.717) is 6.04 Å². The summed E-state index contributed by atoms with van der Waals surface area (Å²) >= 11 is 0. The van der Waals surface area contributed by atoms with Crippen molar-refractivity contribution in [3.05, 3.63) is 23.9 Å². The van der Waals surface area contributed by atoms with Gasteiger partial charge in [-0.15, -0.1) is 0 Å². The molecular weight excluding hydrogens is 198 g/mol. The summed E-state index contributed by atoms with van der Waals surface area (Å²) in [5.41, 5.74) is 1.28. The molecule has 0 fully saturated rings. The summed E-state index contributed by atoms with van der Waals surface area (Å²) in [6.45, 7) is 11.6. The number of nitrogens with zero attached hydrogens (tertiary/aromatic N) is 2. The normalized spacial score (nSPS) is 10.8. The average Bonchev–Trinajstić information content (AvgIpc) is 2.28. The van der Waals surface area contributed by atoms with Crippen LogP contribution in [-0.2, 0) is 6.54 Å². The lowest BCUT2D eigenvalue weighted by atomic mass is 10.2. The van der Waals surface area contributed by atoms with Crippen LogP contribution < -0.4 is 10.2 Å². The Labute approximate surface area is 98.9 Å². The van der Waals surface area contributed by atoms with E-state index in [9.17, 15) is 0 Å². The molecule has 90 valence electrons. The van der Waals surface area contributed by atoms with E-state index in [-0.39, 0.29) is 0 Å². The number of pyridine rings is 1. The summed E-state index contributed by atoms with van der Waals surface area (Å²) < 4.78 is 0. The molecule has 0 spiro atoms. The van der Waals surface area contributed by atoms with Gasteiger partial charge in [-0.05, 0) is 33.4 Å². The molecule has 0 atom stereocenters. The van der Waals surface area contributed by atoms with E-state index in [0.717, 1.165) is 25.5 Å². The molecule has 3 heteroatoms. The molecule has 0 aliphatic carbocycles. The topological polar surface area (TPSA) is 28.2 Å². The summed E-state index contributed by atoms with van der Waals surface area (Å²) in [4.78, 5) is 6.84. The first-order valence-corrected chi connectivity index (χ1v) is 6.11. The zero-order chi connectivity index (χ0) is 12.0. The van der Waals surface area contributed by atoms with Crippen LogP contribution in [0.15, 0.2) is 18.3 Å². The molecule has 0 unspecified atom stereocenters. The van der Waals surface area contributed by atoms with Gasteiger partial charge in [-0.25, -0.2) is 4.98 Å². The van der Waals surface area contributed by atoms with Crippen LogP contribution >= 0.6 is 0 Å². The highest BCUT2D eigenvalue weighted by Crippen LogP contribution is 2.18. The van der Waals surface area contributed by atoms with Crippen LogP contribution in [-0.4, -0.2) is 24.1 Å². The van der Waals surface area contributed by atoms with Crippen molar-refractivity contribution in [3.8, 4) is 0 Å². The van der Waals surface area contributed by atoms with E-state index in [1.54, 1.807) is 0 Å². The third kappa shape index (κ3) is 3.20. The maximum absolute atomic E-state index is 4.51. The average molecular weight is 221 g/mol. The van der Waals surface area contributed by atoms with Gasteiger partial charge >= 0.3 is 0 Å². The quantitative estimate of drug-likeness (QED) is 0.799. The van der Waals surface area contributed by atoms with Gasteiger partial charge in [-0.1, -0.05) is 13.0 Å². The van der Waals surface area contributed by atoms with Crippen LogP contribution in [0.4, 0.5) is 5.82 Å². The Bertz CT molecular complexity index is 310. The van der Waals surface area contributed by atoms with E-state index in [1.807, 2.05) is 12.3 Å². The molecule has 1 N–H and O–H groups in total. The zero-order valence-corrected chi connectivity index (χ0v) is 10.8. The molecule has 1 heterocycles. The van der Waals surface area contributed by atoms with Crippen LogP contribution in [0.2, 0.25) is 0 Å². The van der Waals surface area contributed by atoms with Crippen LogP contribution in [0.5, 0.6) is 0 Å². The van der Waals surface area contributed by atoms with Crippen molar-refractivity contribution in [2.24, 2.45) is 0 Å². The lowest BCUT2D eigenvalue weighted by Crippen LogP contribution is -2.32. The standard InChI is InChI=1S/C13H23N3/c1-5-14-10-12-8-7-9-15-13(12)16(6-2)11(3)4/h7-9,11,14H,5-6,10H2,1-4H3. The van der Waals surface area contributed by atoms with Gasteiger partial charge in [0.05, 0.1) is 0 Å². The first kappa shape index (κ1) is 13.0. The number of rotatable bonds is 6. The summed E-state index contributed by atoms with van der Waals surface area (Å²) in [5, 5.41) is 3.36. The SMILES string of the molecule is CCNCc1cccnc1N(CC)C(C)C. The minimum absolute atomic E-state index is 0.486. The molecule has 1 aromatic rings. The molecule has 0 bridgehead atoms. The van der Waals surface area contributed by atoms with Crippen molar-refractivity contribution in [2.75, 3.05) is 18.0 Å². The molecule has 0 radical (unpaired) electrons. The fourth-order valence-electron chi connectivity index (χ4n) is 1.85. The third-order valence-electron chi connectivity index (χ3n) is 2.67. The molecule has 0 aliphatic heterocycles. The van der Waals surface area contributed by atoms with Crippen LogP contribution in [0.1, 0.15) is 33.3 Å². The molecule has 0 saturated heterocycles. The van der Waals surface area contributed by atoms with Crippen molar-refractivity contribution in [2.45, 2.75) is 40.3 Å². The van der Waals surface area contributed by atoms with Crippen LogP contribution in [0.3, 0.4) is 0 Å². The fraction of sp³-hybridized carbons (Fsp3) is 0.615. The summed E-state index contributed by atoms with van der Waals surface area (Å²) in [7, 11) is 0. The Morgan fingerprint density at radius 1 is 1.38 bits per heavy atom. The summed E-state index contributed by atoms with van der Waals surface area (Å²) in [6, 6.07) is 4.64. The third-order valence-corrected chi connectivity index (χ3v) is 2.67. The van der Waals surface area contributed by atoms with Gasteiger partial charge in [-0.3, -0.25) is 0 Å². The van der Waals surface area contributed by atoms with E-state index < -0.39 is 0 Å². The van der Waals surface area contributed by atoms with Crippen LogP contribution in [0, 0.1) is 0 Å². The van der Waals surface area contributed by atoms with Crippen molar-refractivity contribution in [1.29, 1.82) is 0 Å². The first-order chi connectivity index (χ1) is 7.70. The van der Waals surface area contributed by atoms with Gasteiger partial charge in [0.2, 0.25) is 0 Å². The Hall–Kier alpha value is -1.09. The number of hydrogen-bond acceptors (Lipinski definition) is 3. The molecule has 1 aromatic heterocycles. The number of nitrogens with one attached hydrogen (secondary N) is 1. The van der Waals surface area contributed by atoms with E-state index in [1.165, 1.54) is 5.56 Å². The molecule has 0 aromatic carbocycles. The number of aromatic nitrogens is 1. The van der Waals surface area contributed by atoms with E-state index >= 15 is 0 Å². The highest BCUT2D eigenvalue weighted by Gasteiger charge is 2.13. The molecule has 16 heavy (non-hydrogen) atoms. The zero-order valence-electron chi connectivity index (χ0n) is 10.8. The Kier molecular flexibility index (Phi) is 5.26. The maximum atomic E-state index is 4.51. The molecular formula is C13H23N3. The monoisotopic (exact) mass is 221 g/mol. The summed E-state index contributed by atoms with van der Waals surface area (Å²) in [6.07, 6.45) is 1.87. The summed E-state index contributed by atoms with van der Waals surface area (Å²) in [5.74, 6) is 1.11. The highest BCUT2D eigenvalue weighted by atomic mass is 15.2. The van der Waals surface area contributed by atoms with Gasteiger partial charge in [0.25, 0.3) is 0 Å². The van der Waals surface area contributed by atoms with Gasteiger partial charge in [-0.2, -0.15) is 0 Å². The fourth-order valence-corrected chi connectivity index (χ4v) is 1.85. The second-order valence-electron chi connectivity index (χ2n) is 4.15. The largest absolute Gasteiger partial charge is 0.354 e. The van der Waals surface area contributed by atoms with Crippen molar-refractivity contribution < 1.29 is 0 Å². The minimum Gasteiger partial charge on any atom is -0.354 e. The number of anilines is 1. The predicted octanol–water partition coefficient (Wildman–Crippen LogP) is 2.43. The molecule has 3 nitrogen and oxygen atoms in total. The van der Waals surface area contributed by atoms with Crippen molar-refractivity contribution >= 4 is 5.82 Å². The number of hydrogen-bond donors (Lipinski definition) is 1. The van der Waals surface area contributed by atoms with Gasteiger partial charge in [0.1, 0.15) is 5.82 Å². The lowest BCUT2D eigenvalue weighted by molar-refractivity contribution is 0.673. The highest BCUT2D eigenvalue weighted by molar-refractivity contribution is 5.47. The molecule has 1 rings (SSSR count). The first-order valence-electron chi connectivity index (χ1n) is 6.11. The van der Waals surface area contributed by atoms with Crippen LogP contribution in [0.25, 0.3) is 0 Å². The molecule has 0 saturated carbocycles. The van der Waals surface area contributed by atoms with E-state index in [4.69, 9.17) is 0 Å².